The summed E-state index contributed by atoms with van der Waals surface area (Å²) in [4.78, 5) is 12.4. The van der Waals surface area contributed by atoms with E-state index in [1.54, 1.807) is 18.2 Å². The molecule has 2 aromatic carbocycles. The van der Waals surface area contributed by atoms with Gasteiger partial charge in [-0.25, -0.2) is 0 Å². The van der Waals surface area contributed by atoms with Gasteiger partial charge < -0.3 is 10.4 Å². The van der Waals surface area contributed by atoms with Crippen LogP contribution in [0.5, 0.6) is 5.75 Å². The summed E-state index contributed by atoms with van der Waals surface area (Å²) in [5.74, 6) is -0.395. The molecule has 0 bridgehead atoms. The molecule has 0 spiro atoms. The van der Waals surface area contributed by atoms with Crippen LogP contribution in [-0.2, 0) is 6.42 Å². The van der Waals surface area contributed by atoms with Crippen molar-refractivity contribution in [3.05, 3.63) is 71.3 Å². The maximum absolute atomic E-state index is 12.4. The quantitative estimate of drug-likeness (QED) is 0.827. The Morgan fingerprint density at radius 1 is 1.22 bits per heavy atom. The number of allylic oxidation sites excluding steroid dienone is 1. The molecular weight excluding hydrogens is 286 g/mol. The van der Waals surface area contributed by atoms with Crippen LogP contribution in [0.1, 0.15) is 40.9 Å². The first kappa shape index (κ1) is 16.6. The lowest BCUT2D eigenvalue weighted by Gasteiger charge is -2.10. The molecular formula is C20H21NO2. The van der Waals surface area contributed by atoms with Gasteiger partial charge in [0.25, 0.3) is 5.91 Å². The Morgan fingerprint density at radius 3 is 2.48 bits per heavy atom. The van der Waals surface area contributed by atoms with Gasteiger partial charge in [0.05, 0.1) is 5.56 Å². The Morgan fingerprint density at radius 2 is 1.91 bits per heavy atom. The maximum atomic E-state index is 12.4. The Kier molecular flexibility index (Phi) is 5.36. The first-order chi connectivity index (χ1) is 11.1. The molecule has 2 aromatic rings. The van der Waals surface area contributed by atoms with Crippen LogP contribution in [0.4, 0.5) is 5.69 Å². The second-order valence-corrected chi connectivity index (χ2v) is 5.21. The molecule has 0 aliphatic heterocycles. The lowest BCUT2D eigenvalue weighted by Crippen LogP contribution is -2.12. The molecule has 0 aliphatic rings. The predicted molar refractivity (Wildman–Crippen MR) is 96.7 cm³/mol. The van der Waals surface area contributed by atoms with Crippen molar-refractivity contribution in [3.8, 4) is 5.75 Å². The molecule has 0 aromatic heterocycles. The fraction of sp³-hybridized carbons (Fsp3) is 0.150. The van der Waals surface area contributed by atoms with Gasteiger partial charge in [0.15, 0.2) is 0 Å². The van der Waals surface area contributed by atoms with Crippen LogP contribution >= 0.6 is 0 Å². The molecule has 3 heteroatoms. The van der Waals surface area contributed by atoms with Crippen LogP contribution in [0.3, 0.4) is 0 Å². The first-order valence-electron chi connectivity index (χ1n) is 7.61. The van der Waals surface area contributed by atoms with Crippen LogP contribution in [0.15, 0.2) is 49.1 Å². The topological polar surface area (TPSA) is 49.3 Å². The minimum Gasteiger partial charge on any atom is -0.507 e. The van der Waals surface area contributed by atoms with Crippen LogP contribution in [0.2, 0.25) is 0 Å². The number of carbonyl (C=O) groups is 1. The number of rotatable bonds is 5. The number of aromatic hydroxyl groups is 1. The van der Waals surface area contributed by atoms with Crippen molar-refractivity contribution >= 4 is 23.7 Å². The van der Waals surface area contributed by atoms with E-state index in [0.29, 0.717) is 5.69 Å². The zero-order chi connectivity index (χ0) is 16.8. The Bertz CT molecular complexity index is 743. The van der Waals surface area contributed by atoms with Crippen LogP contribution in [0.25, 0.3) is 12.2 Å². The third-order valence-electron chi connectivity index (χ3n) is 3.63. The average Bonchev–Trinajstić information content (AvgIpc) is 2.56. The number of nitrogens with one attached hydrogen (secondary N) is 1. The minimum absolute atomic E-state index is 0.0496. The fourth-order valence-electron chi connectivity index (χ4n) is 2.33. The highest BCUT2D eigenvalue weighted by Crippen LogP contribution is 2.25. The van der Waals surface area contributed by atoms with Gasteiger partial charge in [-0.1, -0.05) is 43.9 Å². The van der Waals surface area contributed by atoms with Crippen molar-refractivity contribution in [1.29, 1.82) is 0 Å². The highest BCUT2D eigenvalue weighted by Gasteiger charge is 2.14. The lowest BCUT2D eigenvalue weighted by atomic mass is 10.0. The molecule has 0 saturated heterocycles. The normalized spacial score (nSPS) is 10.7. The number of anilines is 1. The van der Waals surface area contributed by atoms with E-state index in [4.69, 9.17) is 0 Å². The van der Waals surface area contributed by atoms with Gasteiger partial charge in [0.1, 0.15) is 5.75 Å². The summed E-state index contributed by atoms with van der Waals surface area (Å²) in [7, 11) is 0. The number of phenols is 1. The van der Waals surface area contributed by atoms with Crippen molar-refractivity contribution in [2.75, 3.05) is 5.32 Å². The minimum atomic E-state index is -0.345. The second kappa shape index (κ2) is 7.45. The summed E-state index contributed by atoms with van der Waals surface area (Å²) in [6.07, 6.45) is 6.35. The Labute approximate surface area is 137 Å². The SMILES string of the molecule is C=Cc1cc(C(=O)Nc2ccc(CC)cc2)c(O)cc1/C=C\C. The fourth-order valence-corrected chi connectivity index (χ4v) is 2.33. The molecule has 118 valence electrons. The summed E-state index contributed by atoms with van der Waals surface area (Å²) in [6, 6.07) is 10.9. The van der Waals surface area contributed by atoms with Crippen molar-refractivity contribution in [2.24, 2.45) is 0 Å². The lowest BCUT2D eigenvalue weighted by molar-refractivity contribution is 0.102. The first-order valence-corrected chi connectivity index (χ1v) is 7.61. The molecule has 0 heterocycles. The van der Waals surface area contributed by atoms with Crippen molar-refractivity contribution in [1.82, 2.24) is 0 Å². The third kappa shape index (κ3) is 3.89. The number of hydrogen-bond donors (Lipinski definition) is 2. The summed E-state index contributed by atoms with van der Waals surface area (Å²) in [6.45, 7) is 7.73. The summed E-state index contributed by atoms with van der Waals surface area (Å²) >= 11 is 0. The Hall–Kier alpha value is -2.81. The third-order valence-corrected chi connectivity index (χ3v) is 3.63. The standard InChI is InChI=1S/C20H21NO2/c1-4-7-16-13-19(22)18(12-15(16)6-3)20(23)21-17-10-8-14(5-2)9-11-17/h4,6-13,22H,3,5H2,1-2H3,(H,21,23)/b7-4-. The number of benzene rings is 2. The van der Waals surface area contributed by atoms with E-state index < -0.39 is 0 Å². The zero-order valence-electron chi connectivity index (χ0n) is 13.5. The number of carbonyl (C=O) groups excluding carboxylic acids is 1. The zero-order valence-corrected chi connectivity index (χ0v) is 13.5. The van der Waals surface area contributed by atoms with Gasteiger partial charge in [0.2, 0.25) is 0 Å². The van der Waals surface area contributed by atoms with Crippen molar-refractivity contribution in [3.63, 3.8) is 0 Å². The van der Waals surface area contributed by atoms with E-state index in [1.807, 2.05) is 43.3 Å². The largest absolute Gasteiger partial charge is 0.507 e. The van der Waals surface area contributed by atoms with Gasteiger partial charge in [-0.3, -0.25) is 4.79 Å². The number of phenolic OH excluding ortho intramolecular Hbond substituents is 1. The predicted octanol–water partition coefficient (Wildman–Crippen LogP) is 4.88. The molecule has 0 aliphatic carbocycles. The highest BCUT2D eigenvalue weighted by molar-refractivity contribution is 6.06. The molecule has 2 N–H and O–H groups in total. The van der Waals surface area contributed by atoms with E-state index in [1.165, 1.54) is 5.56 Å². The van der Waals surface area contributed by atoms with E-state index in [2.05, 4.69) is 18.8 Å². The molecule has 3 nitrogen and oxygen atoms in total. The van der Waals surface area contributed by atoms with Crippen LogP contribution in [-0.4, -0.2) is 11.0 Å². The summed E-state index contributed by atoms with van der Waals surface area (Å²) < 4.78 is 0. The number of aryl methyl sites for hydroxylation is 1. The van der Waals surface area contributed by atoms with E-state index in [9.17, 15) is 9.90 Å². The average molecular weight is 307 g/mol. The monoisotopic (exact) mass is 307 g/mol. The highest BCUT2D eigenvalue weighted by atomic mass is 16.3. The van der Waals surface area contributed by atoms with Gasteiger partial charge >= 0.3 is 0 Å². The molecule has 0 saturated carbocycles. The summed E-state index contributed by atoms with van der Waals surface area (Å²) in [5.41, 5.74) is 3.75. The van der Waals surface area contributed by atoms with Gasteiger partial charge in [0, 0.05) is 5.69 Å². The maximum Gasteiger partial charge on any atom is 0.259 e. The van der Waals surface area contributed by atoms with Gasteiger partial charge in [-0.2, -0.15) is 0 Å². The number of amides is 1. The molecule has 0 atom stereocenters. The van der Waals surface area contributed by atoms with Gasteiger partial charge in [-0.15, -0.1) is 0 Å². The number of hydrogen-bond acceptors (Lipinski definition) is 2. The molecule has 23 heavy (non-hydrogen) atoms. The van der Waals surface area contributed by atoms with E-state index in [0.717, 1.165) is 17.5 Å². The van der Waals surface area contributed by atoms with E-state index >= 15 is 0 Å². The summed E-state index contributed by atoms with van der Waals surface area (Å²) in [5, 5.41) is 12.9. The van der Waals surface area contributed by atoms with E-state index in [-0.39, 0.29) is 17.2 Å². The van der Waals surface area contributed by atoms with Crippen molar-refractivity contribution < 1.29 is 9.90 Å². The van der Waals surface area contributed by atoms with Gasteiger partial charge in [-0.05, 0) is 54.3 Å². The molecule has 1 amide bonds. The Balaban J connectivity index is 2.29. The van der Waals surface area contributed by atoms with Crippen LogP contribution < -0.4 is 5.32 Å². The smallest absolute Gasteiger partial charge is 0.259 e. The van der Waals surface area contributed by atoms with Crippen LogP contribution in [0, 0.1) is 0 Å². The molecule has 0 unspecified atom stereocenters. The second-order valence-electron chi connectivity index (χ2n) is 5.21. The molecule has 0 fully saturated rings. The molecule has 0 radical (unpaired) electrons. The molecule has 2 rings (SSSR count). The van der Waals surface area contributed by atoms with Crippen molar-refractivity contribution in [2.45, 2.75) is 20.3 Å².